The standard InChI is InChI=1S/C17H17NO4/c1-11-6-7-15(12(2)8-11)22-10-16(19)18-14-5-3-4-13(9-14)17(20)21/h3-9H,10H2,1-2H3,(H,18,19)(H,20,21). The second-order valence-electron chi connectivity index (χ2n) is 4.99. The lowest BCUT2D eigenvalue weighted by atomic mass is 10.1. The molecule has 22 heavy (non-hydrogen) atoms. The third-order valence-corrected chi connectivity index (χ3v) is 3.08. The van der Waals surface area contributed by atoms with Crippen molar-refractivity contribution in [2.45, 2.75) is 13.8 Å². The lowest BCUT2D eigenvalue weighted by Gasteiger charge is -2.10. The molecule has 5 heteroatoms. The van der Waals surface area contributed by atoms with E-state index in [0.717, 1.165) is 11.1 Å². The van der Waals surface area contributed by atoms with Crippen molar-refractivity contribution in [2.75, 3.05) is 11.9 Å². The van der Waals surface area contributed by atoms with Crippen LogP contribution in [0.3, 0.4) is 0 Å². The summed E-state index contributed by atoms with van der Waals surface area (Å²) in [5, 5.41) is 11.5. The van der Waals surface area contributed by atoms with Crippen molar-refractivity contribution in [3.05, 3.63) is 59.2 Å². The molecule has 2 rings (SSSR count). The molecular weight excluding hydrogens is 282 g/mol. The zero-order valence-electron chi connectivity index (χ0n) is 12.4. The number of carbonyl (C=O) groups is 2. The van der Waals surface area contributed by atoms with Gasteiger partial charge in [-0.05, 0) is 43.7 Å². The van der Waals surface area contributed by atoms with Gasteiger partial charge in [-0.3, -0.25) is 4.79 Å². The van der Waals surface area contributed by atoms with Gasteiger partial charge < -0.3 is 15.2 Å². The molecule has 0 aromatic heterocycles. The molecule has 114 valence electrons. The van der Waals surface area contributed by atoms with Gasteiger partial charge in [0.1, 0.15) is 5.75 Å². The van der Waals surface area contributed by atoms with Crippen LogP contribution in [-0.4, -0.2) is 23.6 Å². The lowest BCUT2D eigenvalue weighted by molar-refractivity contribution is -0.118. The van der Waals surface area contributed by atoms with Crippen LogP contribution < -0.4 is 10.1 Å². The van der Waals surface area contributed by atoms with Crippen LogP contribution >= 0.6 is 0 Å². The van der Waals surface area contributed by atoms with Crippen LogP contribution in [0.4, 0.5) is 5.69 Å². The van der Waals surface area contributed by atoms with E-state index in [1.807, 2.05) is 32.0 Å². The summed E-state index contributed by atoms with van der Waals surface area (Å²) in [4.78, 5) is 22.7. The summed E-state index contributed by atoms with van der Waals surface area (Å²) < 4.78 is 5.48. The monoisotopic (exact) mass is 299 g/mol. The first-order valence-corrected chi connectivity index (χ1v) is 6.79. The van der Waals surface area contributed by atoms with Crippen LogP contribution in [0.15, 0.2) is 42.5 Å². The number of carboxylic acid groups (broad SMARTS) is 1. The summed E-state index contributed by atoms with van der Waals surface area (Å²) in [6, 6.07) is 11.8. The molecule has 0 unspecified atom stereocenters. The van der Waals surface area contributed by atoms with E-state index in [9.17, 15) is 9.59 Å². The normalized spacial score (nSPS) is 10.1. The average molecular weight is 299 g/mol. The molecule has 0 aliphatic heterocycles. The Labute approximate surface area is 128 Å². The number of amides is 1. The number of anilines is 1. The van der Waals surface area contributed by atoms with Crippen LogP contribution in [0, 0.1) is 13.8 Å². The van der Waals surface area contributed by atoms with Crippen LogP contribution in [0.2, 0.25) is 0 Å². The molecule has 0 radical (unpaired) electrons. The SMILES string of the molecule is Cc1ccc(OCC(=O)Nc2cccc(C(=O)O)c2)c(C)c1. The molecule has 5 nitrogen and oxygen atoms in total. The molecule has 0 aliphatic carbocycles. The molecule has 1 amide bonds. The van der Waals surface area contributed by atoms with Gasteiger partial charge in [0.2, 0.25) is 0 Å². The molecule has 2 aromatic carbocycles. The van der Waals surface area contributed by atoms with Crippen LogP contribution in [0.5, 0.6) is 5.75 Å². The van der Waals surface area contributed by atoms with E-state index < -0.39 is 5.97 Å². The minimum Gasteiger partial charge on any atom is -0.483 e. The molecule has 0 spiro atoms. The molecule has 2 aromatic rings. The van der Waals surface area contributed by atoms with Crippen molar-refractivity contribution < 1.29 is 19.4 Å². The Morgan fingerprint density at radius 1 is 1.14 bits per heavy atom. The summed E-state index contributed by atoms with van der Waals surface area (Å²) in [5.74, 6) is -0.731. The number of benzene rings is 2. The van der Waals surface area contributed by atoms with Gasteiger partial charge in [-0.2, -0.15) is 0 Å². The second kappa shape index (κ2) is 6.76. The Balaban J connectivity index is 1.95. The van der Waals surface area contributed by atoms with Gasteiger partial charge in [-0.1, -0.05) is 23.8 Å². The van der Waals surface area contributed by atoms with Crippen molar-refractivity contribution in [1.82, 2.24) is 0 Å². The van der Waals surface area contributed by atoms with E-state index in [2.05, 4.69) is 5.32 Å². The molecule has 0 fully saturated rings. The van der Waals surface area contributed by atoms with Gasteiger partial charge in [-0.25, -0.2) is 4.79 Å². The number of hydrogen-bond donors (Lipinski definition) is 2. The number of rotatable bonds is 5. The summed E-state index contributed by atoms with van der Waals surface area (Å²) in [6.45, 7) is 3.76. The lowest BCUT2D eigenvalue weighted by Crippen LogP contribution is -2.20. The van der Waals surface area contributed by atoms with Crippen LogP contribution in [0.25, 0.3) is 0 Å². The van der Waals surface area contributed by atoms with Gasteiger partial charge in [0, 0.05) is 5.69 Å². The predicted molar refractivity (Wildman–Crippen MR) is 83.4 cm³/mol. The van der Waals surface area contributed by atoms with E-state index in [0.29, 0.717) is 11.4 Å². The minimum absolute atomic E-state index is 0.119. The largest absolute Gasteiger partial charge is 0.483 e. The smallest absolute Gasteiger partial charge is 0.335 e. The quantitative estimate of drug-likeness (QED) is 0.890. The number of aryl methyl sites for hydroxylation is 2. The Hall–Kier alpha value is -2.82. The third kappa shape index (κ3) is 4.09. The zero-order chi connectivity index (χ0) is 16.1. The summed E-state index contributed by atoms with van der Waals surface area (Å²) in [5.41, 5.74) is 2.63. The maximum Gasteiger partial charge on any atom is 0.335 e. The molecule has 0 bridgehead atoms. The molecule has 0 atom stereocenters. The first kappa shape index (κ1) is 15.6. The van der Waals surface area contributed by atoms with Gasteiger partial charge in [0.05, 0.1) is 5.56 Å². The Morgan fingerprint density at radius 3 is 2.59 bits per heavy atom. The first-order chi connectivity index (χ1) is 10.5. The maximum absolute atomic E-state index is 11.9. The maximum atomic E-state index is 11.9. The molecule has 2 N–H and O–H groups in total. The minimum atomic E-state index is -1.04. The summed E-state index contributed by atoms with van der Waals surface area (Å²) in [7, 11) is 0. The van der Waals surface area contributed by atoms with Crippen molar-refractivity contribution in [3.63, 3.8) is 0 Å². The van der Waals surface area contributed by atoms with E-state index >= 15 is 0 Å². The molecular formula is C17H17NO4. The van der Waals surface area contributed by atoms with Crippen LogP contribution in [-0.2, 0) is 4.79 Å². The fraction of sp³-hybridized carbons (Fsp3) is 0.176. The summed E-state index contributed by atoms with van der Waals surface area (Å²) in [6.07, 6.45) is 0. The first-order valence-electron chi connectivity index (χ1n) is 6.79. The number of carboxylic acids is 1. The highest BCUT2D eigenvalue weighted by molar-refractivity contribution is 5.94. The van der Waals surface area contributed by atoms with Crippen molar-refractivity contribution in [1.29, 1.82) is 0 Å². The highest BCUT2D eigenvalue weighted by Crippen LogP contribution is 2.18. The fourth-order valence-electron chi connectivity index (χ4n) is 2.03. The fourth-order valence-corrected chi connectivity index (χ4v) is 2.03. The van der Waals surface area contributed by atoms with Gasteiger partial charge in [0.25, 0.3) is 5.91 Å². The average Bonchev–Trinajstić information content (AvgIpc) is 2.46. The second-order valence-corrected chi connectivity index (χ2v) is 4.99. The van der Waals surface area contributed by atoms with Crippen LogP contribution in [0.1, 0.15) is 21.5 Å². The third-order valence-electron chi connectivity index (χ3n) is 3.08. The number of aromatic carboxylic acids is 1. The van der Waals surface area contributed by atoms with E-state index in [1.165, 1.54) is 12.1 Å². The molecule has 0 saturated carbocycles. The Morgan fingerprint density at radius 2 is 1.91 bits per heavy atom. The number of ether oxygens (including phenoxy) is 1. The predicted octanol–water partition coefficient (Wildman–Crippen LogP) is 3.02. The number of hydrogen-bond acceptors (Lipinski definition) is 3. The van der Waals surface area contributed by atoms with Crippen molar-refractivity contribution >= 4 is 17.6 Å². The summed E-state index contributed by atoms with van der Waals surface area (Å²) >= 11 is 0. The van der Waals surface area contributed by atoms with Gasteiger partial charge in [0.15, 0.2) is 6.61 Å². The molecule has 0 aliphatic rings. The van der Waals surface area contributed by atoms with Gasteiger partial charge >= 0.3 is 5.97 Å². The number of carbonyl (C=O) groups excluding carboxylic acids is 1. The molecule has 0 heterocycles. The van der Waals surface area contributed by atoms with Gasteiger partial charge in [-0.15, -0.1) is 0 Å². The van der Waals surface area contributed by atoms with E-state index in [-0.39, 0.29) is 18.1 Å². The zero-order valence-corrected chi connectivity index (χ0v) is 12.4. The highest BCUT2D eigenvalue weighted by atomic mass is 16.5. The van der Waals surface area contributed by atoms with E-state index in [4.69, 9.17) is 9.84 Å². The van der Waals surface area contributed by atoms with E-state index in [1.54, 1.807) is 12.1 Å². The highest BCUT2D eigenvalue weighted by Gasteiger charge is 2.08. The van der Waals surface area contributed by atoms with Crippen molar-refractivity contribution in [3.8, 4) is 5.75 Å². The number of nitrogens with one attached hydrogen (secondary N) is 1. The Bertz CT molecular complexity index is 710. The Kier molecular flexibility index (Phi) is 4.78. The topological polar surface area (TPSA) is 75.6 Å². The van der Waals surface area contributed by atoms with Crippen molar-refractivity contribution in [2.24, 2.45) is 0 Å². The molecule has 0 saturated heterocycles.